The number of halogens is 9. The Kier molecular flexibility index (Phi) is 8.82. The van der Waals surface area contributed by atoms with E-state index < -0.39 is 70.8 Å². The topological polar surface area (TPSA) is 93.5 Å². The average molecular weight is 653 g/mol. The Balaban J connectivity index is 1.98. The minimum atomic E-state index is -5.14. The Morgan fingerprint density at radius 1 is 0.956 bits per heavy atom. The number of nitrogens with zero attached hydrogens (tertiary/aromatic N) is 6. The summed E-state index contributed by atoms with van der Waals surface area (Å²) < 4.78 is 129. The third kappa shape index (κ3) is 6.83. The number of fused-ring (bicyclic) bond motifs is 1. The van der Waals surface area contributed by atoms with Crippen LogP contribution < -0.4 is 9.80 Å². The molecule has 1 atom stereocenters. The lowest BCUT2D eigenvalue weighted by atomic mass is 9.90. The summed E-state index contributed by atoms with van der Waals surface area (Å²) in [4.78, 5) is 28.3. The van der Waals surface area contributed by atoms with Gasteiger partial charge in [-0.1, -0.05) is 11.2 Å². The van der Waals surface area contributed by atoms with Crippen molar-refractivity contribution in [3.05, 3.63) is 63.2 Å². The van der Waals surface area contributed by atoms with Gasteiger partial charge in [0.15, 0.2) is 0 Å². The van der Waals surface area contributed by atoms with E-state index >= 15 is 0 Å². The smallest absolute Gasteiger partial charge is 0.416 e. The highest BCUT2D eigenvalue weighted by Gasteiger charge is 2.42. The van der Waals surface area contributed by atoms with E-state index in [1.807, 2.05) is 0 Å². The van der Waals surface area contributed by atoms with Crippen LogP contribution in [0.25, 0.3) is 0 Å². The quantitative estimate of drug-likeness (QED) is 0.196. The number of carbonyl (C=O) groups is 2. The van der Waals surface area contributed by atoms with Crippen LogP contribution in [0.5, 0.6) is 0 Å². The van der Waals surface area contributed by atoms with Gasteiger partial charge in [0.2, 0.25) is 0 Å². The number of carbonyl (C=O) groups excluding carboxylic acids is 2. The summed E-state index contributed by atoms with van der Waals surface area (Å²) in [6, 6.07) is 1.02. The molecule has 4 rings (SSSR count). The molecule has 1 aliphatic rings. The van der Waals surface area contributed by atoms with Crippen LogP contribution in [-0.4, -0.2) is 45.7 Å². The number of aryl methyl sites for hydroxylation is 2. The van der Waals surface area contributed by atoms with Crippen LogP contribution in [-0.2, 0) is 46.4 Å². The number of tetrazole rings is 1. The van der Waals surface area contributed by atoms with E-state index in [0.717, 1.165) is 36.7 Å². The minimum absolute atomic E-state index is 0.00550. The molecular formula is C27H25F9N6O3. The molecule has 0 fully saturated rings. The molecule has 1 aromatic heterocycles. The fourth-order valence-electron chi connectivity index (χ4n) is 5.50. The molecule has 0 saturated heterocycles. The van der Waals surface area contributed by atoms with E-state index in [-0.39, 0.29) is 48.2 Å². The van der Waals surface area contributed by atoms with Crippen molar-refractivity contribution in [1.82, 2.24) is 20.2 Å². The molecule has 0 aliphatic carbocycles. The number of amides is 1. The number of alkyl halides is 9. The third-order valence-electron chi connectivity index (χ3n) is 7.28. The number of ether oxygens (including phenoxy) is 1. The number of esters is 1. The molecule has 0 bridgehead atoms. The maximum absolute atomic E-state index is 14.2. The molecule has 0 N–H and O–H groups in total. The highest BCUT2D eigenvalue weighted by molar-refractivity contribution is 6.38. The maximum Gasteiger partial charge on any atom is 0.416 e. The highest BCUT2D eigenvalue weighted by Crippen LogP contribution is 2.46. The Morgan fingerprint density at radius 2 is 1.56 bits per heavy atom. The summed E-state index contributed by atoms with van der Waals surface area (Å²) in [6.45, 7) is 1.33. The van der Waals surface area contributed by atoms with Gasteiger partial charge in [0.1, 0.15) is 0 Å². The monoisotopic (exact) mass is 652 g/mol. The van der Waals surface area contributed by atoms with Gasteiger partial charge >= 0.3 is 30.4 Å². The summed E-state index contributed by atoms with van der Waals surface area (Å²) in [5, 5.41) is 11.7. The second kappa shape index (κ2) is 11.8. The van der Waals surface area contributed by atoms with Crippen molar-refractivity contribution in [1.29, 1.82) is 0 Å². The summed E-state index contributed by atoms with van der Waals surface area (Å²) >= 11 is 0. The van der Waals surface area contributed by atoms with Gasteiger partial charge in [-0.25, -0.2) is 4.79 Å². The first kappa shape index (κ1) is 33.5. The van der Waals surface area contributed by atoms with Crippen LogP contribution >= 0.6 is 0 Å². The van der Waals surface area contributed by atoms with Gasteiger partial charge in [-0.3, -0.25) is 4.79 Å². The van der Waals surface area contributed by atoms with E-state index in [1.165, 1.54) is 11.9 Å². The predicted molar refractivity (Wildman–Crippen MR) is 139 cm³/mol. The molecule has 1 amide bonds. The van der Waals surface area contributed by atoms with Crippen LogP contribution in [0.15, 0.2) is 24.3 Å². The number of methoxy groups -OCH3 is 1. The molecule has 2 heterocycles. The Morgan fingerprint density at radius 3 is 2.04 bits per heavy atom. The molecule has 2 aromatic carbocycles. The standard InChI is InChI=1S/C27H25F9N6O3/c1-13-8-18-19(6-5-7-41(22(43)23(44)45-4)21(18)14(2)20(13)27(34,35)36)42(24-37-39-40(3)38-24)12-15-9-16(25(28,29)30)11-17(10-15)26(31,32)33/h8-11,19H,5-7,12H2,1-4H3/t19-/m0/s1. The van der Waals surface area contributed by atoms with Crippen LogP contribution in [0.3, 0.4) is 0 Å². The lowest BCUT2D eigenvalue weighted by Crippen LogP contribution is -2.39. The molecule has 0 saturated carbocycles. The molecule has 18 heteroatoms. The van der Waals surface area contributed by atoms with Gasteiger partial charge in [0.05, 0.1) is 42.6 Å². The van der Waals surface area contributed by atoms with Crippen molar-refractivity contribution in [2.24, 2.45) is 7.05 Å². The molecule has 0 spiro atoms. The highest BCUT2D eigenvalue weighted by atomic mass is 19.4. The molecule has 9 nitrogen and oxygen atoms in total. The summed E-state index contributed by atoms with van der Waals surface area (Å²) in [7, 11) is 2.26. The Hall–Kier alpha value is -4.38. The Bertz CT molecular complexity index is 1580. The Labute approximate surface area is 249 Å². The molecule has 0 unspecified atom stereocenters. The molecule has 1 aliphatic heterocycles. The van der Waals surface area contributed by atoms with Gasteiger partial charge in [-0.05, 0) is 72.4 Å². The van der Waals surface area contributed by atoms with Gasteiger partial charge < -0.3 is 14.5 Å². The second-order valence-corrected chi connectivity index (χ2v) is 10.4. The normalized spacial score (nSPS) is 15.8. The lowest BCUT2D eigenvalue weighted by Gasteiger charge is -2.34. The van der Waals surface area contributed by atoms with Crippen molar-refractivity contribution >= 4 is 23.5 Å². The number of aromatic nitrogens is 4. The first-order valence-corrected chi connectivity index (χ1v) is 13.1. The molecular weight excluding hydrogens is 627 g/mol. The van der Waals surface area contributed by atoms with Gasteiger partial charge in [-0.2, -0.15) is 44.3 Å². The van der Waals surface area contributed by atoms with E-state index in [9.17, 15) is 49.1 Å². The summed E-state index contributed by atoms with van der Waals surface area (Å²) in [5.41, 5.74) is -5.66. The van der Waals surface area contributed by atoms with E-state index in [0.29, 0.717) is 12.1 Å². The predicted octanol–water partition coefficient (Wildman–Crippen LogP) is 5.93. The van der Waals surface area contributed by atoms with Gasteiger partial charge in [0.25, 0.3) is 5.95 Å². The number of anilines is 2. The largest absolute Gasteiger partial charge is 0.462 e. The molecule has 0 radical (unpaired) electrons. The number of rotatable bonds is 4. The van der Waals surface area contributed by atoms with Crippen LogP contribution in [0, 0.1) is 13.8 Å². The van der Waals surface area contributed by atoms with E-state index in [1.54, 1.807) is 0 Å². The zero-order valence-corrected chi connectivity index (χ0v) is 24.0. The maximum atomic E-state index is 14.2. The molecule has 3 aromatic rings. The second-order valence-electron chi connectivity index (χ2n) is 10.4. The molecule has 244 valence electrons. The van der Waals surface area contributed by atoms with Gasteiger partial charge in [-0.15, -0.1) is 5.10 Å². The van der Waals surface area contributed by atoms with Crippen molar-refractivity contribution in [2.75, 3.05) is 23.5 Å². The zero-order valence-electron chi connectivity index (χ0n) is 24.0. The SMILES string of the molecule is COC(=O)C(=O)N1CCC[C@H](N(Cc2cc(C(F)(F)F)cc(C(F)(F)F)c2)c2nnn(C)n2)c2cc(C)c(C(F)(F)F)c(C)c21. The molecule has 45 heavy (non-hydrogen) atoms. The average Bonchev–Trinajstić information content (AvgIpc) is 3.26. The van der Waals surface area contributed by atoms with Gasteiger partial charge in [0, 0.05) is 13.1 Å². The van der Waals surface area contributed by atoms with Crippen molar-refractivity contribution < 1.29 is 53.8 Å². The zero-order chi connectivity index (χ0) is 33.6. The minimum Gasteiger partial charge on any atom is -0.462 e. The fourth-order valence-corrected chi connectivity index (χ4v) is 5.50. The first-order chi connectivity index (χ1) is 20.7. The van der Waals surface area contributed by atoms with Crippen LogP contribution in [0.4, 0.5) is 51.1 Å². The number of benzene rings is 2. The van der Waals surface area contributed by atoms with E-state index in [4.69, 9.17) is 0 Å². The third-order valence-corrected chi connectivity index (χ3v) is 7.28. The van der Waals surface area contributed by atoms with Crippen LogP contribution in [0.1, 0.15) is 57.8 Å². The summed E-state index contributed by atoms with van der Waals surface area (Å²) in [5.74, 6) is -2.89. The van der Waals surface area contributed by atoms with Crippen molar-refractivity contribution in [3.63, 3.8) is 0 Å². The van der Waals surface area contributed by atoms with Crippen molar-refractivity contribution in [3.8, 4) is 0 Å². The fraction of sp³-hybridized carbons (Fsp3) is 0.444. The first-order valence-electron chi connectivity index (χ1n) is 13.1. The lowest BCUT2D eigenvalue weighted by molar-refractivity contribution is -0.151. The summed E-state index contributed by atoms with van der Waals surface area (Å²) in [6.07, 6.45) is -15.1. The number of hydrogen-bond donors (Lipinski definition) is 0. The number of hydrogen-bond acceptors (Lipinski definition) is 7. The van der Waals surface area contributed by atoms with Crippen molar-refractivity contribution in [2.45, 2.75) is 57.8 Å². The van der Waals surface area contributed by atoms with E-state index in [2.05, 4.69) is 20.1 Å². The van der Waals surface area contributed by atoms with Crippen LogP contribution in [0.2, 0.25) is 0 Å².